The summed E-state index contributed by atoms with van der Waals surface area (Å²) in [5.74, 6) is -0.125. The maximum atomic E-state index is 13.0. The molecule has 1 atom stereocenters. The van der Waals surface area contributed by atoms with E-state index in [1.807, 2.05) is 82.3 Å². The summed E-state index contributed by atoms with van der Waals surface area (Å²) < 4.78 is 0. The highest BCUT2D eigenvalue weighted by Gasteiger charge is 2.26. The molecule has 3 amide bonds. The van der Waals surface area contributed by atoms with Crippen molar-refractivity contribution < 1.29 is 9.59 Å². The van der Waals surface area contributed by atoms with Crippen molar-refractivity contribution in [1.29, 1.82) is 0 Å². The first-order valence-electron chi connectivity index (χ1n) is 12.8. The minimum atomic E-state index is -0.519. The molecule has 1 aliphatic heterocycles. The van der Waals surface area contributed by atoms with Crippen molar-refractivity contribution in [3.8, 4) is 0 Å². The van der Waals surface area contributed by atoms with E-state index in [-0.39, 0.29) is 18.0 Å². The van der Waals surface area contributed by atoms with Crippen LogP contribution in [0, 0.1) is 0 Å². The first kappa shape index (κ1) is 27.9. The summed E-state index contributed by atoms with van der Waals surface area (Å²) in [6.07, 6.45) is 2.35. The molecule has 0 aliphatic carbocycles. The number of fused-ring (bicyclic) bond motifs is 1. The van der Waals surface area contributed by atoms with E-state index in [9.17, 15) is 9.59 Å². The van der Waals surface area contributed by atoms with Crippen LogP contribution in [0.15, 0.2) is 77.8 Å². The number of amides is 3. The Morgan fingerprint density at radius 3 is 2.41 bits per heavy atom. The highest BCUT2D eigenvalue weighted by Crippen LogP contribution is 2.29. The van der Waals surface area contributed by atoms with Gasteiger partial charge in [0, 0.05) is 27.9 Å². The van der Waals surface area contributed by atoms with Crippen molar-refractivity contribution in [2.45, 2.75) is 59.0 Å². The topological polar surface area (TPSA) is 82.6 Å². The van der Waals surface area contributed by atoms with Crippen LogP contribution in [0.2, 0.25) is 5.02 Å². The number of rotatable bonds is 7. The van der Waals surface area contributed by atoms with E-state index in [2.05, 4.69) is 28.1 Å². The number of anilines is 2. The second-order valence-corrected chi connectivity index (χ2v) is 9.32. The fourth-order valence-electron chi connectivity index (χ4n) is 4.03. The van der Waals surface area contributed by atoms with Crippen molar-refractivity contribution in [3.63, 3.8) is 0 Å². The fourth-order valence-corrected chi connectivity index (χ4v) is 4.20. The van der Waals surface area contributed by atoms with Crippen LogP contribution < -0.4 is 16.0 Å². The molecule has 1 aliphatic rings. The van der Waals surface area contributed by atoms with E-state index in [1.54, 1.807) is 6.07 Å². The Morgan fingerprint density at radius 2 is 1.73 bits per heavy atom. The third-order valence-corrected chi connectivity index (χ3v) is 5.94. The van der Waals surface area contributed by atoms with Crippen LogP contribution in [0.5, 0.6) is 0 Å². The lowest BCUT2D eigenvalue weighted by molar-refractivity contribution is -0.117. The molecule has 37 heavy (non-hydrogen) atoms. The molecule has 1 unspecified atom stereocenters. The van der Waals surface area contributed by atoms with Gasteiger partial charge in [-0.2, -0.15) is 0 Å². The van der Waals surface area contributed by atoms with Crippen molar-refractivity contribution in [2.24, 2.45) is 4.99 Å². The number of carbonyl (C=O) groups is 2. The van der Waals surface area contributed by atoms with Crippen LogP contribution in [0.1, 0.15) is 57.2 Å². The Kier molecular flexibility index (Phi) is 10.3. The Morgan fingerprint density at radius 1 is 1.03 bits per heavy atom. The molecule has 0 saturated carbocycles. The smallest absolute Gasteiger partial charge is 0.319 e. The number of nitrogens with zero attached hydrogens (tertiary/aromatic N) is 1. The van der Waals surface area contributed by atoms with Gasteiger partial charge in [0.2, 0.25) is 5.91 Å². The lowest BCUT2D eigenvalue weighted by atomic mass is 10.00. The molecule has 0 aromatic heterocycles. The third-order valence-electron chi connectivity index (χ3n) is 5.70. The molecule has 0 fully saturated rings. The Hall–Kier alpha value is -3.64. The quantitative estimate of drug-likeness (QED) is 0.312. The van der Waals surface area contributed by atoms with Crippen molar-refractivity contribution in [2.75, 3.05) is 10.6 Å². The van der Waals surface area contributed by atoms with Crippen LogP contribution in [-0.4, -0.2) is 29.7 Å². The zero-order valence-electron chi connectivity index (χ0n) is 21.8. The molecule has 3 aromatic carbocycles. The molecule has 0 spiro atoms. The summed E-state index contributed by atoms with van der Waals surface area (Å²) in [4.78, 5) is 30.0. The minimum Gasteiger partial charge on any atom is -0.336 e. The van der Waals surface area contributed by atoms with Crippen LogP contribution in [0.4, 0.5) is 16.2 Å². The Bertz CT molecular complexity index is 1220. The number of aryl methyl sites for hydroxylation is 1. The number of urea groups is 1. The molecule has 194 valence electrons. The number of hydrogen-bond donors (Lipinski definition) is 3. The van der Waals surface area contributed by atoms with Crippen LogP contribution in [0.25, 0.3) is 0 Å². The van der Waals surface area contributed by atoms with E-state index in [4.69, 9.17) is 16.6 Å². The van der Waals surface area contributed by atoms with Gasteiger partial charge in [-0.25, -0.2) is 4.79 Å². The largest absolute Gasteiger partial charge is 0.336 e. The standard InChI is InChI=1S/C28H29ClN4O2.C2H6/c1-18(2)30-28(35)31-22-14-11-20(12-15-22)26-23-17-21(29)13-16-24(23)33-27(34)25(32-26)10-6-9-19-7-4-3-5-8-19;1-2/h3-5,7-8,11-18,25H,6,9-10H2,1-2H3,(H,33,34)(H2,30,31,35);1-2H3. The SMILES string of the molecule is CC.CC(C)NC(=O)Nc1ccc(C2=NC(CCCc3ccccc3)C(=O)Nc3ccc(Cl)cc32)cc1. The van der Waals surface area contributed by atoms with Gasteiger partial charge in [0.25, 0.3) is 0 Å². The van der Waals surface area contributed by atoms with E-state index >= 15 is 0 Å². The fraction of sp³-hybridized carbons (Fsp3) is 0.300. The summed E-state index contributed by atoms with van der Waals surface area (Å²) in [6.45, 7) is 7.81. The predicted octanol–water partition coefficient (Wildman–Crippen LogP) is 7.08. The minimum absolute atomic E-state index is 0.0414. The molecule has 0 bridgehead atoms. The molecule has 3 N–H and O–H groups in total. The summed E-state index contributed by atoms with van der Waals surface area (Å²) >= 11 is 6.31. The highest BCUT2D eigenvalue weighted by atomic mass is 35.5. The van der Waals surface area contributed by atoms with Gasteiger partial charge in [-0.1, -0.05) is 67.9 Å². The zero-order valence-corrected chi connectivity index (χ0v) is 22.6. The molecular weight excluding hydrogens is 484 g/mol. The molecule has 1 heterocycles. The van der Waals surface area contributed by atoms with E-state index in [0.717, 1.165) is 24.0 Å². The third kappa shape index (κ3) is 7.92. The number of halogens is 1. The van der Waals surface area contributed by atoms with Crippen LogP contribution >= 0.6 is 11.6 Å². The van der Waals surface area contributed by atoms with Gasteiger partial charge in [0.05, 0.1) is 11.4 Å². The number of benzodiazepines with no additional fused rings is 1. The van der Waals surface area contributed by atoms with Gasteiger partial charge in [-0.3, -0.25) is 9.79 Å². The number of carbonyl (C=O) groups excluding carboxylic acids is 2. The Labute approximate surface area is 224 Å². The average Bonchev–Trinajstić information content (AvgIpc) is 3.02. The first-order valence-corrected chi connectivity index (χ1v) is 13.2. The van der Waals surface area contributed by atoms with E-state index in [0.29, 0.717) is 28.5 Å². The van der Waals surface area contributed by atoms with Gasteiger partial charge in [-0.15, -0.1) is 0 Å². The summed E-state index contributed by atoms with van der Waals surface area (Å²) in [5, 5.41) is 9.22. The summed E-state index contributed by atoms with van der Waals surface area (Å²) in [5.41, 5.74) is 4.90. The summed E-state index contributed by atoms with van der Waals surface area (Å²) in [7, 11) is 0. The summed E-state index contributed by atoms with van der Waals surface area (Å²) in [6, 6.07) is 22.3. The number of benzene rings is 3. The maximum absolute atomic E-state index is 13.0. The van der Waals surface area contributed by atoms with Gasteiger partial charge < -0.3 is 16.0 Å². The predicted molar refractivity (Wildman–Crippen MR) is 154 cm³/mol. The normalized spacial score (nSPS) is 14.4. The Balaban J connectivity index is 0.00000186. The maximum Gasteiger partial charge on any atom is 0.319 e. The van der Waals surface area contributed by atoms with Crippen molar-refractivity contribution in [1.82, 2.24) is 5.32 Å². The zero-order chi connectivity index (χ0) is 26.8. The number of nitrogens with one attached hydrogen (secondary N) is 3. The van der Waals surface area contributed by atoms with E-state index < -0.39 is 6.04 Å². The van der Waals surface area contributed by atoms with Gasteiger partial charge >= 0.3 is 6.03 Å². The molecule has 7 heteroatoms. The lowest BCUT2D eigenvalue weighted by Crippen LogP contribution is -2.34. The lowest BCUT2D eigenvalue weighted by Gasteiger charge is -2.13. The molecule has 3 aromatic rings. The number of aliphatic imine (C=N–C) groups is 1. The molecule has 6 nitrogen and oxygen atoms in total. The molecular formula is C30H35ClN4O2. The van der Waals surface area contributed by atoms with Crippen LogP contribution in [-0.2, 0) is 11.2 Å². The van der Waals surface area contributed by atoms with Crippen LogP contribution in [0.3, 0.4) is 0 Å². The molecule has 4 rings (SSSR count). The van der Waals surface area contributed by atoms with Crippen molar-refractivity contribution in [3.05, 3.63) is 94.5 Å². The average molecular weight is 519 g/mol. The molecule has 0 saturated heterocycles. The van der Waals surface area contributed by atoms with E-state index in [1.165, 1.54) is 5.56 Å². The van der Waals surface area contributed by atoms with Crippen molar-refractivity contribution >= 4 is 40.6 Å². The second-order valence-electron chi connectivity index (χ2n) is 8.88. The first-order chi connectivity index (χ1) is 17.9. The van der Waals surface area contributed by atoms with Gasteiger partial charge in [0.1, 0.15) is 6.04 Å². The van der Waals surface area contributed by atoms with Gasteiger partial charge in [-0.05, 0) is 69.0 Å². The molecule has 0 radical (unpaired) electrons. The highest BCUT2D eigenvalue weighted by molar-refractivity contribution is 6.32. The second kappa shape index (κ2) is 13.6. The monoisotopic (exact) mass is 518 g/mol. The van der Waals surface area contributed by atoms with Gasteiger partial charge in [0.15, 0.2) is 0 Å². The number of hydrogen-bond acceptors (Lipinski definition) is 3.